The summed E-state index contributed by atoms with van der Waals surface area (Å²) in [6.45, 7) is 0. The molecule has 1 aliphatic heterocycles. The van der Waals surface area contributed by atoms with Crippen LogP contribution < -0.4 is 0 Å². The van der Waals surface area contributed by atoms with Crippen molar-refractivity contribution in [1.82, 2.24) is 4.31 Å². The molecule has 0 aromatic heterocycles. The summed E-state index contributed by atoms with van der Waals surface area (Å²) < 4.78 is 64.3. The Hall–Kier alpha value is -2.52. The SMILES string of the molecule is CN1C(C(=O)c2cccc(C(F)(F)F)c2)C(=O)c2ccccc2S1(=O)=O. The average Bonchev–Trinajstić information content (AvgIpc) is 2.60. The lowest BCUT2D eigenvalue weighted by Crippen LogP contribution is -2.51. The van der Waals surface area contributed by atoms with E-state index in [0.29, 0.717) is 10.4 Å². The van der Waals surface area contributed by atoms with Gasteiger partial charge in [-0.2, -0.15) is 17.5 Å². The van der Waals surface area contributed by atoms with Crippen LogP contribution >= 0.6 is 0 Å². The van der Waals surface area contributed by atoms with Gasteiger partial charge < -0.3 is 0 Å². The maximum atomic E-state index is 12.9. The van der Waals surface area contributed by atoms with Crippen LogP contribution in [0, 0.1) is 0 Å². The highest BCUT2D eigenvalue weighted by Crippen LogP contribution is 2.32. The molecule has 0 aliphatic carbocycles. The molecule has 136 valence electrons. The quantitative estimate of drug-likeness (QED) is 0.591. The van der Waals surface area contributed by atoms with Crippen LogP contribution in [-0.2, 0) is 16.2 Å². The second-order valence-electron chi connectivity index (χ2n) is 5.73. The summed E-state index contributed by atoms with van der Waals surface area (Å²) in [5, 5.41) is 0. The van der Waals surface area contributed by atoms with Crippen molar-refractivity contribution in [3.05, 3.63) is 65.2 Å². The van der Waals surface area contributed by atoms with E-state index < -0.39 is 39.4 Å². The molecule has 1 heterocycles. The van der Waals surface area contributed by atoms with Gasteiger partial charge in [0, 0.05) is 18.2 Å². The van der Waals surface area contributed by atoms with Crippen LogP contribution in [0.3, 0.4) is 0 Å². The highest BCUT2D eigenvalue weighted by Gasteiger charge is 2.45. The van der Waals surface area contributed by atoms with Crippen LogP contribution in [0.2, 0.25) is 0 Å². The molecule has 0 N–H and O–H groups in total. The van der Waals surface area contributed by atoms with E-state index >= 15 is 0 Å². The molecule has 1 aliphatic rings. The zero-order chi connectivity index (χ0) is 19.3. The zero-order valence-corrected chi connectivity index (χ0v) is 14.1. The Balaban J connectivity index is 2.10. The molecular formula is C17H12F3NO4S. The number of hydrogen-bond donors (Lipinski definition) is 0. The maximum Gasteiger partial charge on any atom is 0.416 e. The van der Waals surface area contributed by atoms with Crippen molar-refractivity contribution in [3.63, 3.8) is 0 Å². The fourth-order valence-corrected chi connectivity index (χ4v) is 4.27. The minimum atomic E-state index is -4.67. The molecule has 0 saturated heterocycles. The first-order valence-corrected chi connectivity index (χ1v) is 8.82. The van der Waals surface area contributed by atoms with E-state index in [1.165, 1.54) is 24.3 Å². The van der Waals surface area contributed by atoms with Gasteiger partial charge in [-0.1, -0.05) is 24.3 Å². The fraction of sp³-hybridized carbons (Fsp3) is 0.176. The van der Waals surface area contributed by atoms with Gasteiger partial charge >= 0.3 is 6.18 Å². The summed E-state index contributed by atoms with van der Waals surface area (Å²) in [7, 11) is -3.07. The van der Waals surface area contributed by atoms with E-state index in [1.54, 1.807) is 0 Å². The molecule has 3 rings (SSSR count). The third kappa shape index (κ3) is 2.82. The standard InChI is InChI=1S/C17H12F3NO4S/c1-21-14(15(22)10-5-4-6-11(9-10)17(18,19)20)16(23)12-7-2-3-8-13(12)26(21,24)25/h2-9,14H,1H3. The van der Waals surface area contributed by atoms with Crippen LogP contribution in [-0.4, -0.2) is 37.4 Å². The molecular weight excluding hydrogens is 371 g/mol. The number of benzene rings is 2. The molecule has 2 aromatic rings. The van der Waals surface area contributed by atoms with Gasteiger partial charge in [-0.15, -0.1) is 0 Å². The number of carbonyl (C=O) groups is 2. The highest BCUT2D eigenvalue weighted by atomic mass is 32.2. The predicted octanol–water partition coefficient (Wildman–Crippen LogP) is 2.77. The number of rotatable bonds is 2. The summed E-state index contributed by atoms with van der Waals surface area (Å²) in [6, 6.07) is 7.19. The molecule has 0 fully saturated rings. The van der Waals surface area contributed by atoms with Crippen molar-refractivity contribution < 1.29 is 31.2 Å². The van der Waals surface area contributed by atoms with Gasteiger partial charge in [-0.3, -0.25) is 9.59 Å². The molecule has 0 bridgehead atoms. The van der Waals surface area contributed by atoms with Gasteiger partial charge in [0.05, 0.1) is 10.5 Å². The Bertz CT molecular complexity index is 1010. The first-order valence-electron chi connectivity index (χ1n) is 7.38. The van der Waals surface area contributed by atoms with Gasteiger partial charge in [0.25, 0.3) is 0 Å². The van der Waals surface area contributed by atoms with Crippen molar-refractivity contribution >= 4 is 21.6 Å². The van der Waals surface area contributed by atoms with E-state index in [9.17, 15) is 31.2 Å². The Labute approximate surface area is 147 Å². The van der Waals surface area contributed by atoms with Crippen molar-refractivity contribution in [2.45, 2.75) is 17.1 Å². The summed E-state index contributed by atoms with van der Waals surface area (Å²) in [6.07, 6.45) is -4.67. The fourth-order valence-electron chi connectivity index (χ4n) is 2.79. The van der Waals surface area contributed by atoms with Crippen molar-refractivity contribution in [2.24, 2.45) is 0 Å². The number of alkyl halides is 3. The minimum Gasteiger partial charge on any atom is -0.292 e. The van der Waals surface area contributed by atoms with Gasteiger partial charge in [-0.25, -0.2) is 8.42 Å². The largest absolute Gasteiger partial charge is 0.416 e. The Kier molecular flexibility index (Phi) is 4.24. The topological polar surface area (TPSA) is 71.5 Å². The molecule has 0 saturated carbocycles. The number of carbonyl (C=O) groups excluding carboxylic acids is 2. The van der Waals surface area contributed by atoms with Gasteiger partial charge in [-0.05, 0) is 24.3 Å². The minimum absolute atomic E-state index is 0.157. The number of nitrogens with zero attached hydrogens (tertiary/aromatic N) is 1. The first-order chi connectivity index (χ1) is 12.0. The number of sulfonamides is 1. The molecule has 26 heavy (non-hydrogen) atoms. The van der Waals surface area contributed by atoms with Gasteiger partial charge in [0.15, 0.2) is 17.6 Å². The third-order valence-corrected chi connectivity index (χ3v) is 6.03. The summed E-state index contributed by atoms with van der Waals surface area (Å²) in [5.74, 6) is -1.79. The van der Waals surface area contributed by atoms with Crippen LogP contribution in [0.1, 0.15) is 26.3 Å². The highest BCUT2D eigenvalue weighted by molar-refractivity contribution is 7.89. The van der Waals surface area contributed by atoms with Gasteiger partial charge in [0.1, 0.15) is 0 Å². The lowest BCUT2D eigenvalue weighted by molar-refractivity contribution is -0.137. The van der Waals surface area contributed by atoms with E-state index in [2.05, 4.69) is 0 Å². The van der Waals surface area contributed by atoms with Crippen LogP contribution in [0.15, 0.2) is 53.4 Å². The molecule has 9 heteroatoms. The van der Waals surface area contributed by atoms with Crippen LogP contribution in [0.4, 0.5) is 13.2 Å². The molecule has 0 spiro atoms. The molecule has 0 radical (unpaired) electrons. The van der Waals surface area contributed by atoms with E-state index in [-0.39, 0.29) is 16.0 Å². The zero-order valence-electron chi connectivity index (χ0n) is 13.3. The molecule has 1 atom stereocenters. The van der Waals surface area contributed by atoms with Crippen molar-refractivity contribution in [2.75, 3.05) is 7.05 Å². The predicted molar refractivity (Wildman–Crippen MR) is 85.3 cm³/mol. The second kappa shape index (κ2) is 6.03. The second-order valence-corrected chi connectivity index (χ2v) is 7.69. The molecule has 1 unspecified atom stereocenters. The maximum absolute atomic E-state index is 12.9. The van der Waals surface area contributed by atoms with Crippen LogP contribution in [0.25, 0.3) is 0 Å². The average molecular weight is 383 g/mol. The lowest BCUT2D eigenvalue weighted by Gasteiger charge is -2.31. The van der Waals surface area contributed by atoms with E-state index in [0.717, 1.165) is 25.2 Å². The Morgan fingerprint density at radius 1 is 1.08 bits per heavy atom. The monoisotopic (exact) mass is 383 g/mol. The van der Waals surface area contributed by atoms with E-state index in [4.69, 9.17) is 0 Å². The number of fused-ring (bicyclic) bond motifs is 1. The number of hydrogen-bond acceptors (Lipinski definition) is 4. The number of halogens is 3. The van der Waals surface area contributed by atoms with Gasteiger partial charge in [0.2, 0.25) is 10.0 Å². The van der Waals surface area contributed by atoms with E-state index in [1.807, 2.05) is 0 Å². The lowest BCUT2D eigenvalue weighted by atomic mass is 9.95. The van der Waals surface area contributed by atoms with Crippen molar-refractivity contribution in [1.29, 1.82) is 0 Å². The normalized spacial score (nSPS) is 19.8. The molecule has 0 amide bonds. The smallest absolute Gasteiger partial charge is 0.292 e. The van der Waals surface area contributed by atoms with Crippen LogP contribution in [0.5, 0.6) is 0 Å². The number of Topliss-reactive ketones (excluding diaryl/α,β-unsaturated/α-hetero) is 2. The summed E-state index contributed by atoms with van der Waals surface area (Å²) in [4.78, 5) is 25.1. The summed E-state index contributed by atoms with van der Waals surface area (Å²) in [5.41, 5.74) is -1.60. The molecule has 5 nitrogen and oxygen atoms in total. The number of likely N-dealkylation sites (N-methyl/N-ethyl adjacent to an activating group) is 1. The molecule has 2 aromatic carbocycles. The Morgan fingerprint density at radius 3 is 2.38 bits per heavy atom. The first kappa shape index (κ1) is 18.3. The summed E-state index contributed by atoms with van der Waals surface area (Å²) >= 11 is 0. The third-order valence-electron chi connectivity index (χ3n) is 4.14. The number of ketones is 2. The Morgan fingerprint density at radius 2 is 1.73 bits per heavy atom. The van der Waals surface area contributed by atoms with Crippen molar-refractivity contribution in [3.8, 4) is 0 Å².